The topological polar surface area (TPSA) is 91.6 Å². The van der Waals surface area contributed by atoms with E-state index in [9.17, 15) is 32.7 Å². The Morgan fingerprint density at radius 2 is 1.88 bits per heavy atom. The summed E-state index contributed by atoms with van der Waals surface area (Å²) in [5.74, 6) is -4.90. The van der Waals surface area contributed by atoms with Crippen molar-refractivity contribution >= 4 is 11.8 Å². The van der Waals surface area contributed by atoms with Gasteiger partial charge in [-0.2, -0.15) is 0 Å². The molecule has 1 aromatic carbocycles. The van der Waals surface area contributed by atoms with Crippen LogP contribution in [-0.2, 0) is 13.1 Å². The van der Waals surface area contributed by atoms with Gasteiger partial charge in [0.15, 0.2) is 11.4 Å². The van der Waals surface area contributed by atoms with E-state index in [1.807, 2.05) is 6.92 Å². The van der Waals surface area contributed by atoms with Crippen molar-refractivity contribution in [2.75, 3.05) is 0 Å². The molecule has 2 aliphatic heterocycles. The molecule has 1 unspecified atom stereocenters. The highest BCUT2D eigenvalue weighted by Crippen LogP contribution is 2.56. The SMILES string of the molecule is CCC1[C@H]2C[C@H]2[C@H]2Cn3cc(C(=O)NCc4c(F)cc(F)cc4F)c(=O)c(O)c3C(=O)N12. The minimum Gasteiger partial charge on any atom is -0.503 e. The van der Waals surface area contributed by atoms with E-state index >= 15 is 0 Å². The molecule has 2 amide bonds. The largest absolute Gasteiger partial charge is 0.503 e. The lowest BCUT2D eigenvalue weighted by Gasteiger charge is -2.38. The van der Waals surface area contributed by atoms with Crippen molar-refractivity contribution in [2.24, 2.45) is 11.8 Å². The lowest BCUT2D eigenvalue weighted by atomic mass is 10.0. The number of piperidine rings is 1. The minimum atomic E-state index is -1.18. The number of hydrogen-bond donors (Lipinski definition) is 2. The van der Waals surface area contributed by atoms with Crippen molar-refractivity contribution in [3.05, 3.63) is 62.8 Å². The van der Waals surface area contributed by atoms with E-state index in [2.05, 4.69) is 5.32 Å². The fourth-order valence-corrected chi connectivity index (χ4v) is 5.31. The van der Waals surface area contributed by atoms with Crippen LogP contribution >= 0.6 is 0 Å². The number of benzene rings is 1. The van der Waals surface area contributed by atoms with Gasteiger partial charge in [0.2, 0.25) is 5.43 Å². The summed E-state index contributed by atoms with van der Waals surface area (Å²) >= 11 is 0. The number of nitrogens with one attached hydrogen (secondary N) is 1. The van der Waals surface area contributed by atoms with Gasteiger partial charge in [0.1, 0.15) is 23.0 Å². The number of carbonyl (C=O) groups is 2. The first-order chi connectivity index (χ1) is 15.2. The summed E-state index contributed by atoms with van der Waals surface area (Å²) in [5.41, 5.74) is -2.21. The Labute approximate surface area is 180 Å². The second-order valence-electron chi connectivity index (χ2n) is 8.57. The molecular formula is C22H20F3N3O4. The second-order valence-corrected chi connectivity index (χ2v) is 8.57. The maximum atomic E-state index is 13.8. The van der Waals surface area contributed by atoms with Gasteiger partial charge in [-0.15, -0.1) is 0 Å². The zero-order valence-electron chi connectivity index (χ0n) is 17.1. The van der Waals surface area contributed by atoms with E-state index in [1.54, 1.807) is 4.90 Å². The molecule has 0 bridgehead atoms. The number of pyridine rings is 1. The lowest BCUT2D eigenvalue weighted by molar-refractivity contribution is 0.0514. The Kier molecular flexibility index (Phi) is 4.58. The molecule has 3 heterocycles. The Balaban J connectivity index is 1.44. The molecule has 1 aliphatic carbocycles. The van der Waals surface area contributed by atoms with Gasteiger partial charge in [-0.05, 0) is 24.7 Å². The zero-order chi connectivity index (χ0) is 22.9. The van der Waals surface area contributed by atoms with E-state index < -0.39 is 58.1 Å². The average molecular weight is 447 g/mol. The second kappa shape index (κ2) is 7.11. The lowest BCUT2D eigenvalue weighted by Crippen LogP contribution is -2.51. The maximum Gasteiger partial charge on any atom is 0.275 e. The number of aromatic nitrogens is 1. The number of aromatic hydroxyl groups is 1. The van der Waals surface area contributed by atoms with Crippen LogP contribution < -0.4 is 10.7 Å². The molecule has 2 fully saturated rings. The van der Waals surface area contributed by atoms with E-state index in [1.165, 1.54) is 10.8 Å². The van der Waals surface area contributed by atoms with Crippen molar-refractivity contribution in [1.29, 1.82) is 0 Å². The van der Waals surface area contributed by atoms with Gasteiger partial charge in [0.25, 0.3) is 11.8 Å². The van der Waals surface area contributed by atoms with Crippen LogP contribution in [0.4, 0.5) is 13.2 Å². The van der Waals surface area contributed by atoms with Crippen LogP contribution in [0, 0.1) is 29.3 Å². The van der Waals surface area contributed by atoms with Gasteiger partial charge in [-0.25, -0.2) is 13.2 Å². The molecule has 1 aromatic heterocycles. The van der Waals surface area contributed by atoms with Crippen molar-refractivity contribution < 1.29 is 27.9 Å². The van der Waals surface area contributed by atoms with Gasteiger partial charge < -0.3 is 19.9 Å². The number of fused-ring (bicyclic) bond motifs is 4. The molecule has 168 valence electrons. The van der Waals surface area contributed by atoms with Crippen LogP contribution in [-0.4, -0.2) is 38.5 Å². The third-order valence-corrected chi connectivity index (χ3v) is 6.87. The Bertz CT molecular complexity index is 1200. The number of carbonyl (C=O) groups excluding carboxylic acids is 2. The first kappa shape index (κ1) is 20.6. The number of rotatable bonds is 4. The number of amides is 2. The fraction of sp³-hybridized carbons (Fsp3) is 0.409. The zero-order valence-corrected chi connectivity index (χ0v) is 17.1. The third-order valence-electron chi connectivity index (χ3n) is 6.87. The standard InChI is InChI=1S/C22H20F3N3O4/c1-2-16-10-5-11(10)17-8-27-7-13(19(29)20(30)18(27)22(32)28(16)17)21(31)26-6-12-14(24)3-9(23)4-15(12)25/h3-4,7,10-11,16-17,30H,2,5-6,8H2,1H3,(H,26,31)/t10-,11+,16?,17+/m0/s1. The van der Waals surface area contributed by atoms with Crippen LogP contribution in [0.25, 0.3) is 0 Å². The van der Waals surface area contributed by atoms with Crippen molar-refractivity contribution in [1.82, 2.24) is 14.8 Å². The first-order valence-corrected chi connectivity index (χ1v) is 10.4. The van der Waals surface area contributed by atoms with E-state index in [0.29, 0.717) is 30.5 Å². The Hall–Kier alpha value is -3.30. The number of halogens is 3. The quantitative estimate of drug-likeness (QED) is 0.752. The van der Waals surface area contributed by atoms with Gasteiger partial charge >= 0.3 is 0 Å². The van der Waals surface area contributed by atoms with E-state index in [-0.39, 0.29) is 17.8 Å². The van der Waals surface area contributed by atoms with Gasteiger partial charge in [-0.3, -0.25) is 14.4 Å². The molecule has 0 radical (unpaired) electrons. The third kappa shape index (κ3) is 2.92. The van der Waals surface area contributed by atoms with E-state index in [0.717, 1.165) is 12.8 Å². The maximum absolute atomic E-state index is 13.8. The van der Waals surface area contributed by atoms with Crippen molar-refractivity contribution in [3.8, 4) is 5.75 Å². The normalized spacial score (nSPS) is 25.2. The molecule has 4 atom stereocenters. The molecule has 32 heavy (non-hydrogen) atoms. The highest BCUT2D eigenvalue weighted by Gasteiger charge is 2.61. The molecule has 5 rings (SSSR count). The molecule has 2 N–H and O–H groups in total. The monoisotopic (exact) mass is 447 g/mol. The van der Waals surface area contributed by atoms with Crippen LogP contribution in [0.15, 0.2) is 23.1 Å². The summed E-state index contributed by atoms with van der Waals surface area (Å²) in [4.78, 5) is 40.1. The summed E-state index contributed by atoms with van der Waals surface area (Å²) in [7, 11) is 0. The first-order valence-electron chi connectivity index (χ1n) is 10.4. The smallest absolute Gasteiger partial charge is 0.275 e. The van der Waals surface area contributed by atoms with Crippen LogP contribution in [0.3, 0.4) is 0 Å². The van der Waals surface area contributed by atoms with Gasteiger partial charge in [-0.1, -0.05) is 6.92 Å². The Morgan fingerprint density at radius 3 is 2.53 bits per heavy atom. The Morgan fingerprint density at radius 1 is 1.19 bits per heavy atom. The molecule has 1 saturated carbocycles. The molecule has 10 heteroatoms. The summed E-state index contributed by atoms with van der Waals surface area (Å²) in [5, 5.41) is 12.7. The number of hydrogen-bond acceptors (Lipinski definition) is 4. The molecule has 1 saturated heterocycles. The van der Waals surface area contributed by atoms with E-state index in [4.69, 9.17) is 0 Å². The van der Waals surface area contributed by atoms with Crippen molar-refractivity contribution in [2.45, 2.75) is 44.9 Å². The van der Waals surface area contributed by atoms with Crippen LogP contribution in [0.1, 0.15) is 46.2 Å². The predicted molar refractivity (Wildman–Crippen MR) is 105 cm³/mol. The molecule has 7 nitrogen and oxygen atoms in total. The minimum absolute atomic E-state index is 0.0647. The predicted octanol–water partition coefficient (Wildman–Crippen LogP) is 2.15. The average Bonchev–Trinajstić information content (AvgIpc) is 3.45. The highest BCUT2D eigenvalue weighted by atomic mass is 19.1. The van der Waals surface area contributed by atoms with Crippen molar-refractivity contribution in [3.63, 3.8) is 0 Å². The molecule has 2 aromatic rings. The fourth-order valence-electron chi connectivity index (χ4n) is 5.31. The van der Waals surface area contributed by atoms with Crippen LogP contribution in [0.2, 0.25) is 0 Å². The molecule has 3 aliphatic rings. The number of nitrogens with zero attached hydrogens (tertiary/aromatic N) is 2. The highest BCUT2D eigenvalue weighted by molar-refractivity contribution is 5.99. The van der Waals surface area contributed by atoms with Gasteiger partial charge in [0.05, 0.1) is 6.04 Å². The molecular weight excluding hydrogens is 427 g/mol. The summed E-state index contributed by atoms with van der Waals surface area (Å²) in [6, 6.07) is 0.977. The van der Waals surface area contributed by atoms with Crippen LogP contribution in [0.5, 0.6) is 5.75 Å². The summed E-state index contributed by atoms with van der Waals surface area (Å²) in [6.45, 7) is 1.71. The summed E-state index contributed by atoms with van der Waals surface area (Å²) < 4.78 is 42.1. The summed E-state index contributed by atoms with van der Waals surface area (Å²) in [6.07, 6.45) is 3.01. The molecule has 0 spiro atoms. The van der Waals surface area contributed by atoms with Gasteiger partial charge in [0, 0.05) is 43.0 Å².